The van der Waals surface area contributed by atoms with Crippen LogP contribution in [0.15, 0.2) is 65.3 Å². The Balaban J connectivity index is 2.09. The summed E-state index contributed by atoms with van der Waals surface area (Å²) in [5.74, 6) is 1.64. The lowest BCUT2D eigenvalue weighted by Crippen LogP contribution is -2.16. The molecule has 0 amide bonds. The zero-order valence-electron chi connectivity index (χ0n) is 16.0. The first-order valence-electron chi connectivity index (χ1n) is 9.17. The molecule has 3 rings (SSSR count). The van der Waals surface area contributed by atoms with Crippen molar-refractivity contribution in [3.63, 3.8) is 0 Å². The van der Waals surface area contributed by atoms with Crippen molar-refractivity contribution in [3.8, 4) is 11.4 Å². The Morgan fingerprint density at radius 1 is 1.15 bits per heavy atom. The highest BCUT2D eigenvalue weighted by Gasteiger charge is 2.09. The number of aromatic nitrogens is 2. The Morgan fingerprint density at radius 3 is 2.67 bits per heavy atom. The second kappa shape index (κ2) is 8.45. The summed E-state index contributed by atoms with van der Waals surface area (Å²) in [6.45, 7) is 7.06. The molecule has 5 heteroatoms. The summed E-state index contributed by atoms with van der Waals surface area (Å²) in [5.41, 5.74) is 10.1. The fourth-order valence-corrected chi connectivity index (χ4v) is 2.77. The van der Waals surface area contributed by atoms with Gasteiger partial charge in [-0.05, 0) is 44.0 Å². The molecule has 0 aliphatic heterocycles. The zero-order valence-corrected chi connectivity index (χ0v) is 16.0. The lowest BCUT2D eigenvalue weighted by Gasteiger charge is -2.08. The Kier molecular flexibility index (Phi) is 5.81. The molecule has 0 bridgehead atoms. The standard InChI is InChI=1S/C22H25N5/c1-4-12-24-16(3)14-20(23)26-22-18-11-10-15(2)13-19(18)25-21(27-22)17-8-6-5-7-9-17/h5-11,13-14,24H,4,12H2,1-3H3,(H2,23,25,26,27)/b16-14-. The van der Waals surface area contributed by atoms with Gasteiger partial charge in [-0.1, -0.05) is 43.3 Å². The van der Waals surface area contributed by atoms with Gasteiger partial charge in [0, 0.05) is 23.2 Å². The third-order valence-corrected chi connectivity index (χ3v) is 4.12. The third-order valence-electron chi connectivity index (χ3n) is 4.12. The molecule has 3 N–H and O–H groups in total. The first-order chi connectivity index (χ1) is 13.1. The number of hydrogen-bond donors (Lipinski definition) is 2. The van der Waals surface area contributed by atoms with E-state index in [1.54, 1.807) is 0 Å². The second-order valence-corrected chi connectivity index (χ2v) is 6.55. The molecule has 27 heavy (non-hydrogen) atoms. The maximum absolute atomic E-state index is 6.16. The largest absolute Gasteiger partial charge is 0.388 e. The van der Waals surface area contributed by atoms with Crippen LogP contribution in [0, 0.1) is 6.92 Å². The molecule has 0 saturated heterocycles. The molecule has 1 aromatic heterocycles. The molecular formula is C22H25N5. The van der Waals surface area contributed by atoms with Crippen LogP contribution in [-0.4, -0.2) is 22.3 Å². The number of benzene rings is 2. The molecule has 0 radical (unpaired) electrons. The average Bonchev–Trinajstić information content (AvgIpc) is 2.66. The number of amidine groups is 1. The van der Waals surface area contributed by atoms with Crippen LogP contribution in [0.3, 0.4) is 0 Å². The maximum atomic E-state index is 6.16. The van der Waals surface area contributed by atoms with Gasteiger partial charge in [-0.3, -0.25) is 0 Å². The number of aliphatic imine (C=N–C) groups is 1. The number of rotatable bonds is 6. The second-order valence-electron chi connectivity index (χ2n) is 6.55. The van der Waals surface area contributed by atoms with Gasteiger partial charge >= 0.3 is 0 Å². The Morgan fingerprint density at radius 2 is 1.93 bits per heavy atom. The highest BCUT2D eigenvalue weighted by molar-refractivity contribution is 5.98. The lowest BCUT2D eigenvalue weighted by molar-refractivity contribution is 0.770. The maximum Gasteiger partial charge on any atom is 0.166 e. The van der Waals surface area contributed by atoms with Crippen molar-refractivity contribution in [1.82, 2.24) is 15.3 Å². The minimum atomic E-state index is 0.413. The molecule has 2 aromatic carbocycles. The van der Waals surface area contributed by atoms with Crippen LogP contribution in [0.2, 0.25) is 0 Å². The molecule has 138 valence electrons. The molecule has 0 fully saturated rings. The normalized spacial score (nSPS) is 12.4. The number of hydrogen-bond acceptors (Lipinski definition) is 4. The molecule has 1 heterocycles. The Bertz CT molecular complexity index is 990. The molecule has 0 aliphatic carbocycles. The van der Waals surface area contributed by atoms with Gasteiger partial charge in [0.1, 0.15) is 5.84 Å². The minimum Gasteiger partial charge on any atom is -0.388 e. The van der Waals surface area contributed by atoms with Crippen molar-refractivity contribution in [2.24, 2.45) is 10.7 Å². The average molecular weight is 359 g/mol. The fraction of sp³-hybridized carbons (Fsp3) is 0.227. The van der Waals surface area contributed by atoms with Gasteiger partial charge in [-0.2, -0.15) is 0 Å². The lowest BCUT2D eigenvalue weighted by atomic mass is 10.1. The molecule has 5 nitrogen and oxygen atoms in total. The van der Waals surface area contributed by atoms with E-state index in [0.717, 1.165) is 40.7 Å². The highest BCUT2D eigenvalue weighted by atomic mass is 15.0. The van der Waals surface area contributed by atoms with E-state index >= 15 is 0 Å². The monoisotopic (exact) mass is 359 g/mol. The summed E-state index contributed by atoms with van der Waals surface area (Å²) in [6.07, 6.45) is 2.89. The van der Waals surface area contributed by atoms with Crippen molar-refractivity contribution in [1.29, 1.82) is 0 Å². The van der Waals surface area contributed by atoms with Crippen LogP contribution in [0.4, 0.5) is 5.82 Å². The van der Waals surface area contributed by atoms with E-state index in [-0.39, 0.29) is 0 Å². The molecule has 0 saturated carbocycles. The molecule has 0 aliphatic rings. The first kappa shape index (κ1) is 18.6. The third kappa shape index (κ3) is 4.70. The smallest absolute Gasteiger partial charge is 0.166 e. The van der Waals surface area contributed by atoms with Gasteiger partial charge in [0.25, 0.3) is 0 Å². The Hall–Kier alpha value is -3.21. The van der Waals surface area contributed by atoms with Crippen LogP contribution in [0.5, 0.6) is 0 Å². The van der Waals surface area contributed by atoms with Gasteiger partial charge in [0.2, 0.25) is 0 Å². The summed E-state index contributed by atoms with van der Waals surface area (Å²) in [4.78, 5) is 14.0. The number of nitrogens with two attached hydrogens (primary N) is 1. The van der Waals surface area contributed by atoms with Crippen LogP contribution < -0.4 is 11.1 Å². The molecule has 3 aromatic rings. The van der Waals surface area contributed by atoms with Crippen molar-refractivity contribution in [2.45, 2.75) is 27.2 Å². The van der Waals surface area contributed by atoms with Crippen LogP contribution in [-0.2, 0) is 0 Å². The van der Waals surface area contributed by atoms with Gasteiger partial charge in [0.15, 0.2) is 11.6 Å². The topological polar surface area (TPSA) is 76.2 Å². The molecular weight excluding hydrogens is 334 g/mol. The summed E-state index contributed by atoms with van der Waals surface area (Å²) in [6, 6.07) is 16.0. The van der Waals surface area contributed by atoms with Gasteiger partial charge in [-0.25, -0.2) is 15.0 Å². The van der Waals surface area contributed by atoms with E-state index in [4.69, 9.17) is 10.7 Å². The van der Waals surface area contributed by atoms with E-state index in [9.17, 15) is 0 Å². The summed E-state index contributed by atoms with van der Waals surface area (Å²) in [7, 11) is 0. The predicted octanol–water partition coefficient (Wildman–Crippen LogP) is 4.50. The molecule has 0 unspecified atom stereocenters. The first-order valence-corrected chi connectivity index (χ1v) is 9.17. The van der Waals surface area contributed by atoms with Crippen LogP contribution in [0.1, 0.15) is 25.8 Å². The minimum absolute atomic E-state index is 0.413. The summed E-state index contributed by atoms with van der Waals surface area (Å²) in [5, 5.41) is 4.18. The Labute approximate surface area is 160 Å². The van der Waals surface area contributed by atoms with E-state index < -0.39 is 0 Å². The molecule has 0 spiro atoms. The number of allylic oxidation sites excluding steroid dienone is 1. The number of nitrogens with zero attached hydrogens (tertiary/aromatic N) is 3. The van der Waals surface area contributed by atoms with Gasteiger partial charge in [-0.15, -0.1) is 0 Å². The molecule has 0 atom stereocenters. The van der Waals surface area contributed by atoms with E-state index in [2.05, 4.69) is 22.2 Å². The van der Waals surface area contributed by atoms with Crippen molar-refractivity contribution < 1.29 is 0 Å². The van der Waals surface area contributed by atoms with Crippen molar-refractivity contribution >= 4 is 22.6 Å². The summed E-state index contributed by atoms with van der Waals surface area (Å²) >= 11 is 0. The summed E-state index contributed by atoms with van der Waals surface area (Å²) < 4.78 is 0. The fourth-order valence-electron chi connectivity index (χ4n) is 2.77. The number of fused-ring (bicyclic) bond motifs is 1. The van der Waals surface area contributed by atoms with Gasteiger partial charge < -0.3 is 11.1 Å². The SMILES string of the molecule is CCCN/C(C)=C\C(N)=Nc1nc(-c2ccccc2)nc2cc(C)ccc12. The zero-order chi connectivity index (χ0) is 19.2. The number of aryl methyl sites for hydroxylation is 1. The predicted molar refractivity (Wildman–Crippen MR) is 113 cm³/mol. The van der Waals surface area contributed by atoms with E-state index in [1.807, 2.05) is 68.5 Å². The number of nitrogens with one attached hydrogen (secondary N) is 1. The van der Waals surface area contributed by atoms with Crippen molar-refractivity contribution in [3.05, 3.63) is 65.9 Å². The van der Waals surface area contributed by atoms with E-state index in [0.29, 0.717) is 17.5 Å². The van der Waals surface area contributed by atoms with Gasteiger partial charge in [0.05, 0.1) is 5.52 Å². The van der Waals surface area contributed by atoms with Crippen LogP contribution in [0.25, 0.3) is 22.3 Å². The van der Waals surface area contributed by atoms with Crippen LogP contribution >= 0.6 is 0 Å². The highest BCUT2D eigenvalue weighted by Crippen LogP contribution is 2.27. The van der Waals surface area contributed by atoms with Crippen molar-refractivity contribution in [2.75, 3.05) is 6.54 Å². The van der Waals surface area contributed by atoms with E-state index in [1.165, 1.54) is 0 Å². The quantitative estimate of drug-likeness (QED) is 0.502.